The van der Waals surface area contributed by atoms with E-state index in [9.17, 15) is 0 Å². The summed E-state index contributed by atoms with van der Waals surface area (Å²) >= 11 is 5.51. The van der Waals surface area contributed by atoms with Crippen LogP contribution in [-0.2, 0) is 0 Å². The molecule has 0 aliphatic heterocycles. The van der Waals surface area contributed by atoms with Gasteiger partial charge < -0.3 is 0 Å². The second kappa shape index (κ2) is 11.7. The molecule has 0 aromatic heterocycles. The third-order valence-corrected chi connectivity index (χ3v) is 9.68. The standard InChI is InChI=1S/C27H54S/c1-8-9-14-22-27(28,26(7)20-16-11-10-12-17-21-26)23-18-13-15-19-25(5,6)24(2,3)4/h28H,8-23H2,1-7H3. The maximum absolute atomic E-state index is 5.51. The van der Waals surface area contributed by atoms with Crippen molar-refractivity contribution in [2.75, 3.05) is 0 Å². The second-order valence-electron chi connectivity index (χ2n) is 12.0. The summed E-state index contributed by atoms with van der Waals surface area (Å²) in [5, 5.41) is 0. The van der Waals surface area contributed by atoms with Crippen molar-refractivity contribution in [1.82, 2.24) is 0 Å². The van der Waals surface area contributed by atoms with Crippen LogP contribution in [0.5, 0.6) is 0 Å². The Hall–Kier alpha value is 0.350. The Balaban J connectivity index is 2.65. The van der Waals surface area contributed by atoms with Gasteiger partial charge in [0, 0.05) is 4.75 Å². The zero-order valence-electron chi connectivity index (χ0n) is 20.8. The number of rotatable bonds is 11. The lowest BCUT2D eigenvalue weighted by Gasteiger charge is -2.48. The van der Waals surface area contributed by atoms with Crippen LogP contribution in [-0.4, -0.2) is 4.75 Å². The lowest BCUT2D eigenvalue weighted by molar-refractivity contribution is 0.114. The Kier molecular flexibility index (Phi) is 11.0. The van der Waals surface area contributed by atoms with E-state index >= 15 is 0 Å². The number of unbranched alkanes of at least 4 members (excludes halogenated alkanes) is 4. The van der Waals surface area contributed by atoms with Crippen molar-refractivity contribution in [1.29, 1.82) is 0 Å². The van der Waals surface area contributed by atoms with Crippen molar-refractivity contribution in [3.05, 3.63) is 0 Å². The summed E-state index contributed by atoms with van der Waals surface area (Å²) in [6.07, 6.45) is 22.2. The van der Waals surface area contributed by atoms with Crippen molar-refractivity contribution >= 4 is 12.6 Å². The summed E-state index contributed by atoms with van der Waals surface area (Å²) in [6, 6.07) is 0. The normalized spacial score (nSPS) is 21.0. The van der Waals surface area contributed by atoms with Gasteiger partial charge in [-0.15, -0.1) is 0 Å². The fraction of sp³-hybridized carbons (Fsp3) is 1.00. The van der Waals surface area contributed by atoms with Crippen LogP contribution in [0.3, 0.4) is 0 Å². The Bertz CT molecular complexity index is 408. The lowest BCUT2D eigenvalue weighted by Crippen LogP contribution is -2.42. The predicted octanol–water partition coefficient (Wildman–Crippen LogP) is 10.0. The Morgan fingerprint density at radius 1 is 0.679 bits per heavy atom. The van der Waals surface area contributed by atoms with Crippen molar-refractivity contribution in [2.24, 2.45) is 16.2 Å². The summed E-state index contributed by atoms with van der Waals surface area (Å²) in [5.41, 5.74) is 1.26. The first-order valence-electron chi connectivity index (χ1n) is 12.7. The highest BCUT2D eigenvalue weighted by Gasteiger charge is 2.43. The van der Waals surface area contributed by atoms with Gasteiger partial charge in [-0.1, -0.05) is 119 Å². The molecule has 1 aliphatic rings. The van der Waals surface area contributed by atoms with Crippen LogP contribution < -0.4 is 0 Å². The van der Waals surface area contributed by atoms with Gasteiger partial charge in [0.05, 0.1) is 0 Å². The topological polar surface area (TPSA) is 0 Å². The quantitative estimate of drug-likeness (QED) is 0.254. The van der Waals surface area contributed by atoms with Gasteiger partial charge in [-0.3, -0.25) is 0 Å². The van der Waals surface area contributed by atoms with Crippen LogP contribution in [0, 0.1) is 16.2 Å². The molecule has 168 valence electrons. The molecular formula is C27H54S. The molecule has 1 heteroatoms. The fourth-order valence-corrected chi connectivity index (χ4v) is 5.62. The van der Waals surface area contributed by atoms with E-state index in [-0.39, 0.29) is 4.75 Å². The van der Waals surface area contributed by atoms with Gasteiger partial charge in [0.2, 0.25) is 0 Å². The average molecular weight is 411 g/mol. The molecule has 1 rings (SSSR count). The summed E-state index contributed by atoms with van der Waals surface area (Å²) in [7, 11) is 0. The minimum Gasteiger partial charge on any atom is -0.172 e. The molecule has 0 N–H and O–H groups in total. The lowest BCUT2D eigenvalue weighted by atomic mass is 9.64. The maximum atomic E-state index is 5.51. The van der Waals surface area contributed by atoms with Crippen LogP contribution >= 0.6 is 12.6 Å². The first-order chi connectivity index (χ1) is 13.0. The fourth-order valence-electron chi connectivity index (χ4n) is 5.08. The van der Waals surface area contributed by atoms with Crippen molar-refractivity contribution in [3.63, 3.8) is 0 Å². The first-order valence-corrected chi connectivity index (χ1v) is 13.1. The average Bonchev–Trinajstić information content (AvgIpc) is 2.57. The molecule has 0 radical (unpaired) electrons. The Morgan fingerprint density at radius 2 is 1.14 bits per heavy atom. The molecule has 0 aromatic rings. The monoisotopic (exact) mass is 410 g/mol. The van der Waals surface area contributed by atoms with Crippen LogP contribution in [0.2, 0.25) is 0 Å². The molecule has 1 atom stereocenters. The zero-order valence-corrected chi connectivity index (χ0v) is 21.7. The molecule has 1 aliphatic carbocycles. The van der Waals surface area contributed by atoms with Crippen LogP contribution in [0.25, 0.3) is 0 Å². The molecule has 1 fully saturated rings. The van der Waals surface area contributed by atoms with Crippen LogP contribution in [0.1, 0.15) is 151 Å². The van der Waals surface area contributed by atoms with Gasteiger partial charge in [-0.25, -0.2) is 0 Å². The number of thiol groups is 1. The molecule has 0 amide bonds. The van der Waals surface area contributed by atoms with Crippen molar-refractivity contribution < 1.29 is 0 Å². The smallest absolute Gasteiger partial charge is 0.0183 e. The predicted molar refractivity (Wildman–Crippen MR) is 133 cm³/mol. The molecule has 0 aromatic carbocycles. The molecule has 0 nitrogen and oxygen atoms in total. The van der Waals surface area contributed by atoms with Crippen molar-refractivity contribution in [3.8, 4) is 0 Å². The largest absolute Gasteiger partial charge is 0.172 e. The molecule has 1 unspecified atom stereocenters. The highest BCUT2D eigenvalue weighted by Crippen LogP contribution is 2.52. The van der Waals surface area contributed by atoms with E-state index in [0.717, 1.165) is 0 Å². The summed E-state index contributed by atoms with van der Waals surface area (Å²) in [6.45, 7) is 17.0. The maximum Gasteiger partial charge on any atom is 0.0183 e. The van der Waals surface area contributed by atoms with E-state index < -0.39 is 0 Å². The zero-order chi connectivity index (χ0) is 21.3. The van der Waals surface area contributed by atoms with Crippen molar-refractivity contribution in [2.45, 2.75) is 156 Å². The van der Waals surface area contributed by atoms with E-state index in [1.54, 1.807) is 0 Å². The van der Waals surface area contributed by atoms with Crippen LogP contribution in [0.4, 0.5) is 0 Å². The first kappa shape index (κ1) is 26.4. The summed E-state index contributed by atoms with van der Waals surface area (Å²) in [5.74, 6) is 0. The van der Waals surface area contributed by atoms with E-state index in [0.29, 0.717) is 16.2 Å². The van der Waals surface area contributed by atoms with Gasteiger partial charge in [0.25, 0.3) is 0 Å². The SMILES string of the molecule is CCCCCC(S)(CCCCCC(C)(C)C(C)(C)C)C1(C)CCCCCCC1. The minimum absolute atomic E-state index is 0.249. The Labute approximate surface area is 184 Å². The van der Waals surface area contributed by atoms with Gasteiger partial charge >= 0.3 is 0 Å². The van der Waals surface area contributed by atoms with Gasteiger partial charge in [0.1, 0.15) is 0 Å². The highest BCUT2D eigenvalue weighted by atomic mass is 32.1. The van der Waals surface area contributed by atoms with E-state index in [2.05, 4.69) is 48.5 Å². The molecule has 0 saturated heterocycles. The second-order valence-corrected chi connectivity index (χ2v) is 12.9. The summed E-state index contributed by atoms with van der Waals surface area (Å²) < 4.78 is 0.249. The van der Waals surface area contributed by atoms with E-state index in [1.807, 2.05) is 0 Å². The molecule has 0 bridgehead atoms. The van der Waals surface area contributed by atoms with E-state index in [1.165, 1.54) is 103 Å². The van der Waals surface area contributed by atoms with Crippen LogP contribution in [0.15, 0.2) is 0 Å². The minimum atomic E-state index is 0.249. The third-order valence-electron chi connectivity index (χ3n) is 8.70. The molecule has 28 heavy (non-hydrogen) atoms. The summed E-state index contributed by atoms with van der Waals surface area (Å²) in [4.78, 5) is 0. The molecule has 0 heterocycles. The van der Waals surface area contributed by atoms with Gasteiger partial charge in [-0.2, -0.15) is 12.6 Å². The van der Waals surface area contributed by atoms with Gasteiger partial charge in [0.15, 0.2) is 0 Å². The molecular weight excluding hydrogens is 356 g/mol. The Morgan fingerprint density at radius 3 is 1.64 bits per heavy atom. The van der Waals surface area contributed by atoms with E-state index in [4.69, 9.17) is 12.6 Å². The highest BCUT2D eigenvalue weighted by molar-refractivity contribution is 7.81. The van der Waals surface area contributed by atoms with Gasteiger partial charge in [-0.05, 0) is 48.3 Å². The third kappa shape index (κ3) is 7.88. The molecule has 0 spiro atoms. The number of hydrogen-bond donors (Lipinski definition) is 1. The number of hydrogen-bond acceptors (Lipinski definition) is 1. The molecule has 1 saturated carbocycles.